The molecule has 0 aliphatic carbocycles. The van der Waals surface area contributed by atoms with Gasteiger partial charge in [-0.2, -0.15) is 4.68 Å². The van der Waals surface area contributed by atoms with E-state index >= 15 is 0 Å². The number of hydrogen-bond acceptors (Lipinski definition) is 6. The number of ketones is 1. The first-order valence-corrected chi connectivity index (χ1v) is 9.94. The van der Waals surface area contributed by atoms with Gasteiger partial charge in [0.1, 0.15) is 11.5 Å². The largest absolute Gasteiger partial charge is 0.497 e. The van der Waals surface area contributed by atoms with Gasteiger partial charge in [-0.15, -0.1) is 5.10 Å². The molecule has 7 nitrogen and oxygen atoms in total. The Hall–Kier alpha value is -2.90. The van der Waals surface area contributed by atoms with Crippen LogP contribution in [0.2, 0.25) is 5.02 Å². The van der Waals surface area contributed by atoms with Crippen molar-refractivity contribution in [1.82, 2.24) is 9.78 Å². The molecule has 1 aromatic heterocycles. The number of benzene rings is 2. The molecule has 0 aliphatic rings. The summed E-state index contributed by atoms with van der Waals surface area (Å²) in [5, 5.41) is 13.9. The Morgan fingerprint density at radius 2 is 1.83 bits per heavy atom. The van der Waals surface area contributed by atoms with E-state index in [0.717, 1.165) is 21.6 Å². The van der Waals surface area contributed by atoms with Crippen LogP contribution in [-0.4, -0.2) is 34.4 Å². The Morgan fingerprint density at radius 1 is 1.17 bits per heavy atom. The van der Waals surface area contributed by atoms with Crippen molar-refractivity contribution in [1.29, 1.82) is 0 Å². The summed E-state index contributed by atoms with van der Waals surface area (Å²) >= 11 is 5.90. The van der Waals surface area contributed by atoms with E-state index in [1.807, 2.05) is 36.4 Å². The van der Waals surface area contributed by atoms with E-state index in [9.17, 15) is 9.59 Å². The van der Waals surface area contributed by atoms with E-state index in [1.165, 1.54) is 0 Å². The Labute approximate surface area is 178 Å². The fraction of sp³-hybridized carbons (Fsp3) is 0.318. The topological polar surface area (TPSA) is 94.6 Å². The van der Waals surface area contributed by atoms with Gasteiger partial charge >= 0.3 is 5.76 Å². The summed E-state index contributed by atoms with van der Waals surface area (Å²) < 4.78 is 11.6. The first-order valence-electron chi connectivity index (χ1n) is 9.56. The molecule has 0 aliphatic heterocycles. The minimum Gasteiger partial charge on any atom is -0.497 e. The van der Waals surface area contributed by atoms with Gasteiger partial charge in [0.05, 0.1) is 20.3 Å². The van der Waals surface area contributed by atoms with Gasteiger partial charge in [0.2, 0.25) is 5.89 Å². The van der Waals surface area contributed by atoms with E-state index in [-0.39, 0.29) is 37.7 Å². The van der Waals surface area contributed by atoms with Crippen LogP contribution in [0.1, 0.15) is 29.4 Å². The number of rotatable bonds is 10. The zero-order valence-corrected chi connectivity index (χ0v) is 17.3. The first-order chi connectivity index (χ1) is 14.5. The van der Waals surface area contributed by atoms with Crippen molar-refractivity contribution in [3.05, 3.63) is 81.1 Å². The molecule has 0 spiro atoms. The molecule has 0 unspecified atom stereocenters. The van der Waals surface area contributed by atoms with Gasteiger partial charge < -0.3 is 14.3 Å². The van der Waals surface area contributed by atoms with Crippen molar-refractivity contribution < 1.29 is 19.1 Å². The second-order valence-corrected chi connectivity index (χ2v) is 7.38. The van der Waals surface area contributed by atoms with Gasteiger partial charge in [-0.3, -0.25) is 4.79 Å². The minimum atomic E-state index is -0.649. The molecule has 3 rings (SSSR count). The quantitative estimate of drug-likeness (QED) is 0.531. The molecule has 0 fully saturated rings. The maximum atomic E-state index is 12.7. The van der Waals surface area contributed by atoms with Crippen molar-refractivity contribution >= 4 is 17.4 Å². The smallest absolute Gasteiger partial charge is 0.437 e. The van der Waals surface area contributed by atoms with Crippen LogP contribution in [0.3, 0.4) is 0 Å². The summed E-state index contributed by atoms with van der Waals surface area (Å²) in [7, 11) is 1.59. The van der Waals surface area contributed by atoms with Gasteiger partial charge in [0, 0.05) is 23.8 Å². The Balaban J connectivity index is 1.80. The van der Waals surface area contributed by atoms with Crippen LogP contribution >= 0.6 is 11.6 Å². The SMILES string of the molecule is COc1ccc(C[C@H](CC(=O)Cc2ccc(Cl)cc2)c2nn(CCO)c(=O)o2)cc1. The molecule has 0 saturated heterocycles. The van der Waals surface area contributed by atoms with E-state index in [4.69, 9.17) is 25.9 Å². The Morgan fingerprint density at radius 3 is 2.47 bits per heavy atom. The number of Topliss-reactive ketones (excluding diaryl/α,β-unsaturated/α-hetero) is 1. The van der Waals surface area contributed by atoms with Crippen LogP contribution < -0.4 is 10.5 Å². The number of halogens is 1. The highest BCUT2D eigenvalue weighted by Crippen LogP contribution is 2.25. The van der Waals surface area contributed by atoms with Crippen LogP contribution in [-0.2, 0) is 24.2 Å². The Bertz CT molecular complexity index is 1020. The lowest BCUT2D eigenvalue weighted by Gasteiger charge is -2.13. The first kappa shape index (κ1) is 21.8. The number of aromatic nitrogens is 2. The maximum absolute atomic E-state index is 12.7. The third kappa shape index (κ3) is 5.81. The zero-order valence-electron chi connectivity index (χ0n) is 16.6. The lowest BCUT2D eigenvalue weighted by Crippen LogP contribution is -2.18. The van der Waals surface area contributed by atoms with E-state index < -0.39 is 11.7 Å². The van der Waals surface area contributed by atoms with E-state index in [2.05, 4.69) is 5.10 Å². The number of carbonyl (C=O) groups excluding carboxylic acids is 1. The third-order valence-corrected chi connectivity index (χ3v) is 4.96. The maximum Gasteiger partial charge on any atom is 0.437 e. The number of ether oxygens (including phenoxy) is 1. The average Bonchev–Trinajstić information content (AvgIpc) is 3.10. The van der Waals surface area contributed by atoms with E-state index in [0.29, 0.717) is 11.4 Å². The molecular weight excluding hydrogens is 408 g/mol. The van der Waals surface area contributed by atoms with Gasteiger partial charge in [0.15, 0.2) is 0 Å². The molecule has 1 heterocycles. The second-order valence-electron chi connectivity index (χ2n) is 6.95. The monoisotopic (exact) mass is 430 g/mol. The fourth-order valence-electron chi connectivity index (χ4n) is 3.19. The fourth-order valence-corrected chi connectivity index (χ4v) is 3.32. The van der Waals surface area contributed by atoms with Crippen molar-refractivity contribution in [2.45, 2.75) is 31.7 Å². The predicted molar refractivity (Wildman–Crippen MR) is 112 cm³/mol. The summed E-state index contributed by atoms with van der Waals surface area (Å²) in [6.45, 7) is -0.194. The number of hydrogen-bond donors (Lipinski definition) is 1. The summed E-state index contributed by atoms with van der Waals surface area (Å²) in [5.74, 6) is -0.147. The molecule has 0 radical (unpaired) electrons. The summed E-state index contributed by atoms with van der Waals surface area (Å²) in [4.78, 5) is 24.7. The highest BCUT2D eigenvalue weighted by Gasteiger charge is 2.23. The zero-order chi connectivity index (χ0) is 21.5. The van der Waals surface area contributed by atoms with Gasteiger partial charge in [-0.1, -0.05) is 35.9 Å². The molecule has 1 atom stereocenters. The predicted octanol–water partition coefficient (Wildman–Crippen LogP) is 3.02. The van der Waals surface area contributed by atoms with Crippen molar-refractivity contribution in [3.63, 3.8) is 0 Å². The number of aliphatic hydroxyl groups excluding tert-OH is 1. The molecule has 0 amide bonds. The van der Waals surface area contributed by atoms with Crippen LogP contribution in [0.4, 0.5) is 0 Å². The lowest BCUT2D eigenvalue weighted by molar-refractivity contribution is -0.118. The minimum absolute atomic E-state index is 0.00445. The highest BCUT2D eigenvalue weighted by atomic mass is 35.5. The molecular formula is C22H23ClN2O5. The summed E-state index contributed by atoms with van der Waals surface area (Å²) in [6.07, 6.45) is 0.876. The third-order valence-electron chi connectivity index (χ3n) is 4.71. The average molecular weight is 431 g/mol. The second kappa shape index (κ2) is 10.2. The molecule has 2 aromatic carbocycles. The van der Waals surface area contributed by atoms with Gasteiger partial charge in [0.25, 0.3) is 0 Å². The summed E-state index contributed by atoms with van der Waals surface area (Å²) in [6, 6.07) is 14.6. The van der Waals surface area contributed by atoms with Gasteiger partial charge in [-0.25, -0.2) is 4.79 Å². The molecule has 8 heteroatoms. The molecule has 30 heavy (non-hydrogen) atoms. The molecule has 1 N–H and O–H groups in total. The van der Waals surface area contributed by atoms with Crippen molar-refractivity contribution in [2.24, 2.45) is 0 Å². The van der Waals surface area contributed by atoms with Crippen LogP contribution in [0.25, 0.3) is 0 Å². The lowest BCUT2D eigenvalue weighted by atomic mass is 9.92. The van der Waals surface area contributed by atoms with Crippen molar-refractivity contribution in [3.8, 4) is 5.75 Å². The number of carbonyl (C=O) groups is 1. The van der Waals surface area contributed by atoms with E-state index in [1.54, 1.807) is 19.2 Å². The molecule has 0 saturated carbocycles. The normalized spacial score (nSPS) is 12.0. The van der Waals surface area contributed by atoms with Crippen LogP contribution in [0.5, 0.6) is 5.75 Å². The van der Waals surface area contributed by atoms with Crippen LogP contribution in [0, 0.1) is 0 Å². The van der Waals surface area contributed by atoms with Crippen LogP contribution in [0.15, 0.2) is 57.7 Å². The Kier molecular flexibility index (Phi) is 7.43. The molecule has 158 valence electrons. The summed E-state index contributed by atoms with van der Waals surface area (Å²) in [5.41, 5.74) is 1.82. The molecule has 0 bridgehead atoms. The highest BCUT2D eigenvalue weighted by molar-refractivity contribution is 6.30. The number of aliphatic hydroxyl groups is 1. The van der Waals surface area contributed by atoms with Gasteiger partial charge in [-0.05, 0) is 41.8 Å². The standard InChI is InChI=1S/C22H23ClN2O5/c1-29-20-8-4-15(5-9-20)12-17(21-24-25(10-11-26)22(28)30-21)14-19(27)13-16-2-6-18(23)7-3-16/h2-9,17,26H,10-14H2,1H3/t17-/m1/s1. The molecule has 3 aromatic rings. The number of nitrogens with zero attached hydrogens (tertiary/aromatic N) is 2. The van der Waals surface area contributed by atoms with Crippen molar-refractivity contribution in [2.75, 3.05) is 13.7 Å². The number of methoxy groups -OCH3 is 1.